The van der Waals surface area contributed by atoms with Gasteiger partial charge in [0.2, 0.25) is 5.91 Å². The molecule has 0 aliphatic heterocycles. The van der Waals surface area contributed by atoms with Crippen molar-refractivity contribution in [2.45, 2.75) is 6.92 Å². The molecule has 2 N–H and O–H groups in total. The van der Waals surface area contributed by atoms with Gasteiger partial charge >= 0.3 is 0 Å². The van der Waals surface area contributed by atoms with Gasteiger partial charge in [-0.25, -0.2) is 4.68 Å². The van der Waals surface area contributed by atoms with E-state index in [2.05, 4.69) is 15.7 Å². The molecule has 0 aliphatic carbocycles. The highest BCUT2D eigenvalue weighted by Crippen LogP contribution is 2.30. The van der Waals surface area contributed by atoms with Crippen LogP contribution < -0.4 is 20.1 Å². The summed E-state index contributed by atoms with van der Waals surface area (Å²) in [5.41, 5.74) is 1.40. The Bertz CT molecular complexity index is 999. The number of nitrogens with zero attached hydrogens (tertiary/aromatic N) is 2. The first-order chi connectivity index (χ1) is 13.5. The minimum absolute atomic E-state index is 0.155. The van der Waals surface area contributed by atoms with E-state index in [0.717, 1.165) is 5.69 Å². The van der Waals surface area contributed by atoms with E-state index in [9.17, 15) is 9.59 Å². The van der Waals surface area contributed by atoms with Gasteiger partial charge in [0.25, 0.3) is 5.91 Å². The summed E-state index contributed by atoms with van der Waals surface area (Å²) < 4.78 is 11.9. The van der Waals surface area contributed by atoms with Crippen molar-refractivity contribution in [2.75, 3.05) is 24.9 Å². The average molecular weight is 380 g/mol. The summed E-state index contributed by atoms with van der Waals surface area (Å²) in [6.45, 7) is 1.39. The maximum absolute atomic E-state index is 12.7. The Kier molecular flexibility index (Phi) is 5.59. The van der Waals surface area contributed by atoms with Crippen LogP contribution in [-0.4, -0.2) is 35.8 Å². The highest BCUT2D eigenvalue weighted by Gasteiger charge is 2.17. The highest BCUT2D eigenvalue weighted by molar-refractivity contribution is 6.04. The second kappa shape index (κ2) is 8.26. The molecular formula is C20H20N4O4. The van der Waals surface area contributed by atoms with Crippen LogP contribution in [0.1, 0.15) is 17.4 Å². The Morgan fingerprint density at radius 1 is 0.929 bits per heavy atom. The number of hydrogen-bond donors (Lipinski definition) is 2. The lowest BCUT2D eigenvalue weighted by Gasteiger charge is -2.10. The molecule has 1 heterocycles. The van der Waals surface area contributed by atoms with Gasteiger partial charge in [-0.15, -0.1) is 0 Å². The first-order valence-electron chi connectivity index (χ1n) is 8.48. The predicted molar refractivity (Wildman–Crippen MR) is 105 cm³/mol. The first kappa shape index (κ1) is 19.0. The molecule has 1 aromatic heterocycles. The van der Waals surface area contributed by atoms with Crippen molar-refractivity contribution >= 4 is 23.3 Å². The maximum atomic E-state index is 12.7. The molecule has 0 atom stereocenters. The van der Waals surface area contributed by atoms with E-state index in [1.807, 2.05) is 30.3 Å². The Balaban J connectivity index is 1.90. The molecule has 8 nitrogen and oxygen atoms in total. The van der Waals surface area contributed by atoms with Gasteiger partial charge < -0.3 is 20.1 Å². The molecular weight excluding hydrogens is 360 g/mol. The zero-order valence-corrected chi connectivity index (χ0v) is 15.7. The fraction of sp³-hybridized carbons (Fsp3) is 0.150. The smallest absolute Gasteiger partial charge is 0.276 e. The fourth-order valence-electron chi connectivity index (χ4n) is 2.64. The number of rotatable bonds is 6. The van der Waals surface area contributed by atoms with Crippen LogP contribution in [0.5, 0.6) is 11.5 Å². The van der Waals surface area contributed by atoms with Gasteiger partial charge in [-0.05, 0) is 24.3 Å². The lowest BCUT2D eigenvalue weighted by atomic mass is 10.2. The van der Waals surface area contributed by atoms with Gasteiger partial charge in [0.1, 0.15) is 5.82 Å². The summed E-state index contributed by atoms with van der Waals surface area (Å²) in [6, 6.07) is 15.8. The van der Waals surface area contributed by atoms with Gasteiger partial charge in [-0.3, -0.25) is 9.59 Å². The van der Waals surface area contributed by atoms with Gasteiger partial charge in [0.15, 0.2) is 17.2 Å². The standard InChI is InChI=1S/C20H20N4O4/c1-13(25)21-19-12-16(23-24(19)15-7-5-4-6-8-15)20(26)22-14-9-10-17(27-2)18(11-14)28-3/h4-12H,1-3H3,(H,21,25)(H,22,26). The minimum atomic E-state index is -0.423. The van der Waals surface area contributed by atoms with Gasteiger partial charge in [-0.2, -0.15) is 5.10 Å². The lowest BCUT2D eigenvalue weighted by Crippen LogP contribution is -2.13. The van der Waals surface area contributed by atoms with E-state index < -0.39 is 5.91 Å². The predicted octanol–water partition coefficient (Wildman–Crippen LogP) is 3.10. The van der Waals surface area contributed by atoms with Crippen LogP contribution in [0.25, 0.3) is 5.69 Å². The topological polar surface area (TPSA) is 94.5 Å². The molecule has 0 bridgehead atoms. The largest absolute Gasteiger partial charge is 0.493 e. The number of para-hydroxylation sites is 1. The molecule has 3 rings (SSSR count). The molecule has 8 heteroatoms. The molecule has 0 saturated heterocycles. The van der Waals surface area contributed by atoms with Crippen LogP contribution in [0.4, 0.5) is 11.5 Å². The van der Waals surface area contributed by atoms with Crippen LogP contribution in [0.15, 0.2) is 54.6 Å². The Morgan fingerprint density at radius 3 is 2.29 bits per heavy atom. The molecule has 0 radical (unpaired) electrons. The van der Waals surface area contributed by atoms with E-state index in [1.165, 1.54) is 31.9 Å². The maximum Gasteiger partial charge on any atom is 0.276 e. The summed E-state index contributed by atoms with van der Waals surface area (Å²) in [6.07, 6.45) is 0. The van der Waals surface area contributed by atoms with Crippen LogP contribution in [0.3, 0.4) is 0 Å². The Hall–Kier alpha value is -3.81. The van der Waals surface area contributed by atoms with Crippen molar-refractivity contribution in [3.63, 3.8) is 0 Å². The van der Waals surface area contributed by atoms with E-state index >= 15 is 0 Å². The van der Waals surface area contributed by atoms with Crippen molar-refractivity contribution in [1.29, 1.82) is 0 Å². The van der Waals surface area contributed by atoms with Crippen molar-refractivity contribution in [1.82, 2.24) is 9.78 Å². The molecule has 0 saturated carbocycles. The molecule has 28 heavy (non-hydrogen) atoms. The lowest BCUT2D eigenvalue weighted by molar-refractivity contribution is -0.114. The summed E-state index contributed by atoms with van der Waals surface area (Å²) >= 11 is 0. The number of carbonyl (C=O) groups is 2. The third-order valence-corrected chi connectivity index (χ3v) is 3.89. The van der Waals surface area contributed by atoms with E-state index in [-0.39, 0.29) is 11.6 Å². The summed E-state index contributed by atoms with van der Waals surface area (Å²) in [5, 5.41) is 9.80. The molecule has 144 valence electrons. The zero-order chi connectivity index (χ0) is 20.1. The molecule has 0 spiro atoms. The fourth-order valence-corrected chi connectivity index (χ4v) is 2.64. The SMILES string of the molecule is COc1ccc(NC(=O)c2cc(NC(C)=O)n(-c3ccccc3)n2)cc1OC. The summed E-state index contributed by atoms with van der Waals surface area (Å²) in [4.78, 5) is 24.2. The van der Waals surface area contributed by atoms with E-state index in [4.69, 9.17) is 9.47 Å². The van der Waals surface area contributed by atoms with Gasteiger partial charge in [0, 0.05) is 24.7 Å². The van der Waals surface area contributed by atoms with Crippen molar-refractivity contribution in [2.24, 2.45) is 0 Å². The van der Waals surface area contributed by atoms with E-state index in [1.54, 1.807) is 18.2 Å². The summed E-state index contributed by atoms with van der Waals surface area (Å²) in [5.74, 6) is 0.768. The Morgan fingerprint density at radius 2 is 1.64 bits per heavy atom. The number of methoxy groups -OCH3 is 2. The molecule has 0 aliphatic rings. The molecule has 2 aromatic carbocycles. The number of anilines is 2. The number of benzene rings is 2. The normalized spacial score (nSPS) is 10.2. The number of carbonyl (C=O) groups excluding carboxylic acids is 2. The minimum Gasteiger partial charge on any atom is -0.493 e. The second-order valence-electron chi connectivity index (χ2n) is 5.87. The van der Waals surface area contributed by atoms with Crippen LogP contribution >= 0.6 is 0 Å². The molecule has 0 fully saturated rings. The number of aromatic nitrogens is 2. The van der Waals surface area contributed by atoms with Crippen LogP contribution in [0.2, 0.25) is 0 Å². The van der Waals surface area contributed by atoms with Crippen molar-refractivity contribution in [3.8, 4) is 17.2 Å². The van der Waals surface area contributed by atoms with Gasteiger partial charge in [0.05, 0.1) is 19.9 Å². The molecule has 0 unspecified atom stereocenters. The summed E-state index contributed by atoms with van der Waals surface area (Å²) in [7, 11) is 3.06. The van der Waals surface area contributed by atoms with Crippen molar-refractivity contribution in [3.05, 3.63) is 60.3 Å². The quantitative estimate of drug-likeness (QED) is 0.685. The number of ether oxygens (including phenoxy) is 2. The molecule has 2 amide bonds. The first-order valence-corrected chi connectivity index (χ1v) is 8.48. The highest BCUT2D eigenvalue weighted by atomic mass is 16.5. The third kappa shape index (κ3) is 4.12. The monoisotopic (exact) mass is 380 g/mol. The molecule has 3 aromatic rings. The number of nitrogens with one attached hydrogen (secondary N) is 2. The Labute approximate surface area is 162 Å². The van der Waals surface area contributed by atoms with Crippen LogP contribution in [-0.2, 0) is 4.79 Å². The van der Waals surface area contributed by atoms with Gasteiger partial charge in [-0.1, -0.05) is 18.2 Å². The third-order valence-electron chi connectivity index (χ3n) is 3.89. The van der Waals surface area contributed by atoms with Crippen LogP contribution in [0, 0.1) is 0 Å². The second-order valence-corrected chi connectivity index (χ2v) is 5.87. The van der Waals surface area contributed by atoms with Crippen molar-refractivity contribution < 1.29 is 19.1 Å². The number of amides is 2. The van der Waals surface area contributed by atoms with E-state index in [0.29, 0.717) is 23.0 Å². The number of hydrogen-bond acceptors (Lipinski definition) is 5. The zero-order valence-electron chi connectivity index (χ0n) is 15.7. The average Bonchev–Trinajstić information content (AvgIpc) is 3.11.